The van der Waals surface area contributed by atoms with Crippen LogP contribution in [0.15, 0.2) is 42.7 Å². The standard InChI is InChI=1S/C28H33ClN6O3/c1-6-19(21-15-20(29)8-7-16(21)2)14-24(36)35-25(27(38)34(5)28-31-9-10-33(28)4)22(26(35)37)12-18-11-17(3)32-23(30)13-18/h7-11,13,15,19,22,25H,6,12,14H2,1-5H3,(H2,30,32)/t19-,22+,25-/m0/s1. The number of hydrogen-bond acceptors (Lipinski definition) is 6. The Morgan fingerprint density at radius 1 is 1.21 bits per heavy atom. The molecule has 1 aliphatic heterocycles. The molecule has 1 aliphatic rings. The van der Waals surface area contributed by atoms with Crippen LogP contribution in [-0.4, -0.2) is 50.2 Å². The van der Waals surface area contributed by atoms with Gasteiger partial charge in [0.25, 0.3) is 5.91 Å². The molecule has 1 aromatic carbocycles. The Balaban J connectivity index is 1.63. The fraction of sp³-hybridized carbons (Fsp3) is 0.393. The fourth-order valence-corrected chi connectivity index (χ4v) is 5.44. The van der Waals surface area contributed by atoms with Crippen LogP contribution in [0.4, 0.5) is 11.8 Å². The topological polar surface area (TPSA) is 114 Å². The van der Waals surface area contributed by atoms with Gasteiger partial charge in [-0.3, -0.25) is 24.2 Å². The number of likely N-dealkylation sites (N-methyl/N-ethyl adjacent to an activating group) is 1. The summed E-state index contributed by atoms with van der Waals surface area (Å²) in [5.74, 6) is -1.20. The number of rotatable bonds is 8. The van der Waals surface area contributed by atoms with Crippen molar-refractivity contribution in [3.8, 4) is 0 Å². The molecule has 1 saturated heterocycles. The number of aryl methyl sites for hydroxylation is 3. The second-order valence-corrected chi connectivity index (χ2v) is 10.4. The van der Waals surface area contributed by atoms with E-state index in [1.165, 1.54) is 4.90 Å². The molecular formula is C28H33ClN6O3. The highest BCUT2D eigenvalue weighted by atomic mass is 35.5. The van der Waals surface area contributed by atoms with E-state index in [-0.39, 0.29) is 36.5 Å². The van der Waals surface area contributed by atoms with E-state index in [2.05, 4.69) is 9.97 Å². The second kappa shape index (κ2) is 10.9. The first-order valence-corrected chi connectivity index (χ1v) is 13.0. The molecule has 0 spiro atoms. The van der Waals surface area contributed by atoms with E-state index in [0.717, 1.165) is 27.3 Å². The van der Waals surface area contributed by atoms with Crippen molar-refractivity contribution in [3.63, 3.8) is 0 Å². The van der Waals surface area contributed by atoms with Crippen molar-refractivity contribution in [1.82, 2.24) is 19.4 Å². The Morgan fingerprint density at radius 2 is 1.95 bits per heavy atom. The first-order valence-electron chi connectivity index (χ1n) is 12.6. The molecule has 9 nitrogen and oxygen atoms in total. The van der Waals surface area contributed by atoms with Crippen LogP contribution in [0.2, 0.25) is 5.02 Å². The largest absolute Gasteiger partial charge is 0.384 e. The summed E-state index contributed by atoms with van der Waals surface area (Å²) in [5.41, 5.74) is 9.42. The molecule has 4 rings (SSSR count). The Kier molecular flexibility index (Phi) is 7.87. The molecule has 1 fully saturated rings. The molecule has 0 radical (unpaired) electrons. The third-order valence-corrected chi connectivity index (χ3v) is 7.48. The van der Waals surface area contributed by atoms with E-state index in [9.17, 15) is 14.4 Å². The molecule has 3 amide bonds. The zero-order chi connectivity index (χ0) is 27.7. The van der Waals surface area contributed by atoms with Gasteiger partial charge in [-0.05, 0) is 73.6 Å². The average Bonchev–Trinajstić information content (AvgIpc) is 3.29. The van der Waals surface area contributed by atoms with Crippen molar-refractivity contribution in [1.29, 1.82) is 0 Å². The maximum Gasteiger partial charge on any atom is 0.253 e. The van der Waals surface area contributed by atoms with Gasteiger partial charge in [0.05, 0.1) is 5.92 Å². The Hall–Kier alpha value is -3.72. The van der Waals surface area contributed by atoms with Crippen LogP contribution < -0.4 is 10.6 Å². The molecule has 0 aliphatic carbocycles. The summed E-state index contributed by atoms with van der Waals surface area (Å²) >= 11 is 6.24. The molecule has 200 valence electrons. The quantitative estimate of drug-likeness (QED) is 0.438. The summed E-state index contributed by atoms with van der Waals surface area (Å²) in [6, 6.07) is 8.19. The lowest BCUT2D eigenvalue weighted by molar-refractivity contribution is -0.170. The predicted octanol–water partition coefficient (Wildman–Crippen LogP) is 3.81. The molecule has 2 aromatic heterocycles. The molecule has 38 heavy (non-hydrogen) atoms. The minimum atomic E-state index is -0.954. The van der Waals surface area contributed by atoms with Gasteiger partial charge in [0, 0.05) is 43.6 Å². The van der Waals surface area contributed by atoms with Gasteiger partial charge in [0.15, 0.2) is 0 Å². The number of halogens is 1. The summed E-state index contributed by atoms with van der Waals surface area (Å²) < 4.78 is 1.71. The summed E-state index contributed by atoms with van der Waals surface area (Å²) in [6.45, 7) is 5.78. The zero-order valence-electron chi connectivity index (χ0n) is 22.3. The number of nitrogens with two attached hydrogens (primary N) is 1. The van der Waals surface area contributed by atoms with Gasteiger partial charge in [-0.25, -0.2) is 9.97 Å². The molecule has 3 aromatic rings. The van der Waals surface area contributed by atoms with Gasteiger partial charge < -0.3 is 10.3 Å². The van der Waals surface area contributed by atoms with E-state index in [1.54, 1.807) is 37.1 Å². The van der Waals surface area contributed by atoms with Gasteiger partial charge in [-0.2, -0.15) is 0 Å². The highest BCUT2D eigenvalue weighted by Crippen LogP contribution is 2.36. The van der Waals surface area contributed by atoms with E-state index in [0.29, 0.717) is 23.2 Å². The van der Waals surface area contributed by atoms with Gasteiger partial charge >= 0.3 is 0 Å². The van der Waals surface area contributed by atoms with Gasteiger partial charge in [0.1, 0.15) is 11.9 Å². The van der Waals surface area contributed by atoms with Crippen molar-refractivity contribution >= 4 is 41.1 Å². The van der Waals surface area contributed by atoms with Gasteiger partial charge in [0.2, 0.25) is 17.8 Å². The summed E-state index contributed by atoms with van der Waals surface area (Å²) in [4.78, 5) is 51.8. The minimum Gasteiger partial charge on any atom is -0.384 e. The third kappa shape index (κ3) is 5.29. The van der Waals surface area contributed by atoms with Crippen molar-refractivity contribution in [3.05, 3.63) is 70.1 Å². The van der Waals surface area contributed by atoms with Crippen molar-refractivity contribution in [2.24, 2.45) is 13.0 Å². The Labute approximate surface area is 227 Å². The number of imidazole rings is 1. The van der Waals surface area contributed by atoms with Gasteiger partial charge in [-0.15, -0.1) is 0 Å². The number of carbonyl (C=O) groups excluding carboxylic acids is 3. The number of pyridine rings is 1. The molecule has 2 N–H and O–H groups in total. The number of benzene rings is 1. The van der Waals surface area contributed by atoms with Crippen molar-refractivity contribution < 1.29 is 14.4 Å². The maximum absolute atomic E-state index is 13.8. The number of anilines is 2. The predicted molar refractivity (Wildman–Crippen MR) is 147 cm³/mol. The van der Waals surface area contributed by atoms with Crippen LogP contribution in [0.5, 0.6) is 0 Å². The van der Waals surface area contributed by atoms with Crippen LogP contribution in [0.3, 0.4) is 0 Å². The molecule has 3 atom stereocenters. The number of hydrogen-bond donors (Lipinski definition) is 1. The molecule has 10 heteroatoms. The summed E-state index contributed by atoms with van der Waals surface area (Å²) in [6.07, 6.45) is 4.36. The molecule has 0 saturated carbocycles. The van der Waals surface area contributed by atoms with Crippen LogP contribution in [-0.2, 0) is 27.9 Å². The molecule has 3 heterocycles. The lowest BCUT2D eigenvalue weighted by Crippen LogP contribution is -2.69. The van der Waals surface area contributed by atoms with E-state index in [4.69, 9.17) is 17.3 Å². The number of imide groups is 1. The number of nitrogen functional groups attached to an aromatic ring is 1. The number of β-lactam (4-membered cyclic amide) rings is 1. The Morgan fingerprint density at radius 3 is 2.58 bits per heavy atom. The highest BCUT2D eigenvalue weighted by molar-refractivity contribution is 6.30. The number of nitrogens with zero attached hydrogens (tertiary/aromatic N) is 5. The Bertz CT molecular complexity index is 1370. The third-order valence-electron chi connectivity index (χ3n) is 7.25. The fourth-order valence-electron chi connectivity index (χ4n) is 5.26. The van der Waals surface area contributed by atoms with Crippen LogP contribution in [0.1, 0.15) is 48.1 Å². The van der Waals surface area contributed by atoms with E-state index >= 15 is 0 Å². The first kappa shape index (κ1) is 27.3. The summed E-state index contributed by atoms with van der Waals surface area (Å²) in [7, 11) is 3.38. The van der Waals surface area contributed by atoms with Crippen LogP contribution in [0.25, 0.3) is 0 Å². The number of carbonyl (C=O) groups is 3. The average molecular weight is 537 g/mol. The van der Waals surface area contributed by atoms with Crippen molar-refractivity contribution in [2.75, 3.05) is 17.7 Å². The number of aromatic nitrogens is 3. The molecular weight excluding hydrogens is 504 g/mol. The van der Waals surface area contributed by atoms with Crippen LogP contribution >= 0.6 is 11.6 Å². The van der Waals surface area contributed by atoms with Gasteiger partial charge in [-0.1, -0.05) is 24.6 Å². The lowest BCUT2D eigenvalue weighted by atomic mass is 9.80. The number of amides is 3. The number of likely N-dealkylation sites (tertiary alicyclic amines) is 1. The smallest absolute Gasteiger partial charge is 0.253 e. The molecule has 0 bridgehead atoms. The van der Waals surface area contributed by atoms with E-state index < -0.39 is 12.0 Å². The minimum absolute atomic E-state index is 0.0906. The monoisotopic (exact) mass is 536 g/mol. The molecule has 0 unspecified atom stereocenters. The maximum atomic E-state index is 13.8. The zero-order valence-corrected chi connectivity index (χ0v) is 23.1. The van der Waals surface area contributed by atoms with Crippen molar-refractivity contribution in [2.45, 2.75) is 52.0 Å². The summed E-state index contributed by atoms with van der Waals surface area (Å²) in [5, 5.41) is 0.591. The normalized spacial score (nSPS) is 17.7. The highest BCUT2D eigenvalue weighted by Gasteiger charge is 2.55. The first-order chi connectivity index (χ1) is 18.0. The van der Waals surface area contributed by atoms with E-state index in [1.807, 2.05) is 45.0 Å². The van der Waals surface area contributed by atoms with Crippen LogP contribution in [0, 0.1) is 19.8 Å². The second-order valence-electron chi connectivity index (χ2n) is 9.94. The SMILES string of the molecule is CC[C@@H](CC(=O)N1C(=O)[C@H](Cc2cc(C)nc(N)c2)[C@H]1C(=O)N(C)c1nccn1C)c1cc(Cl)ccc1C. The lowest BCUT2D eigenvalue weighted by Gasteiger charge is -2.46.